The molecule has 0 bridgehead atoms. The minimum absolute atomic E-state index is 0.0910. The second-order valence-corrected chi connectivity index (χ2v) is 4.24. The molecule has 0 aliphatic carbocycles. The summed E-state index contributed by atoms with van der Waals surface area (Å²) >= 11 is 5.69. The summed E-state index contributed by atoms with van der Waals surface area (Å²) in [6.07, 6.45) is 3.00. The van der Waals surface area contributed by atoms with Crippen LogP contribution in [0.5, 0.6) is 0 Å². The molecule has 0 saturated heterocycles. The number of halogens is 1. The maximum Gasteiger partial charge on any atom is 0.348 e. The Hall–Kier alpha value is -2.22. The van der Waals surface area contributed by atoms with Crippen molar-refractivity contribution in [2.45, 2.75) is 13.5 Å². The molecule has 100 valence electrons. The second kappa shape index (κ2) is 5.19. The van der Waals surface area contributed by atoms with Gasteiger partial charge in [0, 0.05) is 25.4 Å². The Balaban J connectivity index is 2.22. The highest BCUT2D eigenvalue weighted by molar-refractivity contribution is 6.31. The first-order valence-corrected chi connectivity index (χ1v) is 5.74. The molecule has 0 spiro atoms. The van der Waals surface area contributed by atoms with E-state index in [1.165, 1.54) is 6.33 Å². The van der Waals surface area contributed by atoms with E-state index in [0.717, 1.165) is 11.3 Å². The average Bonchev–Trinajstić information content (AvgIpc) is 2.64. The zero-order chi connectivity index (χ0) is 14.0. The molecule has 2 heterocycles. The van der Waals surface area contributed by atoms with E-state index in [9.17, 15) is 10.1 Å². The Morgan fingerprint density at radius 1 is 1.53 bits per heavy atom. The Bertz CT molecular complexity index is 626. The van der Waals surface area contributed by atoms with Crippen LogP contribution < -0.4 is 5.32 Å². The van der Waals surface area contributed by atoms with Crippen LogP contribution in [-0.2, 0) is 13.6 Å². The van der Waals surface area contributed by atoms with E-state index in [0.29, 0.717) is 6.54 Å². The van der Waals surface area contributed by atoms with E-state index in [2.05, 4.69) is 20.4 Å². The van der Waals surface area contributed by atoms with E-state index in [-0.39, 0.29) is 16.7 Å². The molecular weight excluding hydrogens is 272 g/mol. The molecule has 19 heavy (non-hydrogen) atoms. The minimum Gasteiger partial charge on any atom is -0.360 e. The monoisotopic (exact) mass is 282 g/mol. The molecule has 2 rings (SSSR count). The number of hydrogen-bond acceptors (Lipinski definition) is 6. The topological polar surface area (TPSA) is 98.8 Å². The number of nitrogens with zero attached hydrogens (tertiary/aromatic N) is 5. The molecule has 0 aliphatic rings. The van der Waals surface area contributed by atoms with Crippen LogP contribution in [0.1, 0.15) is 11.3 Å². The fourth-order valence-electron chi connectivity index (χ4n) is 1.65. The molecule has 1 N–H and O–H groups in total. The lowest BCUT2D eigenvalue weighted by Gasteiger charge is -2.05. The summed E-state index contributed by atoms with van der Waals surface area (Å²) in [4.78, 5) is 17.7. The molecule has 0 saturated carbocycles. The van der Waals surface area contributed by atoms with E-state index < -0.39 is 4.92 Å². The van der Waals surface area contributed by atoms with Crippen molar-refractivity contribution in [3.8, 4) is 0 Å². The van der Waals surface area contributed by atoms with Crippen LogP contribution in [-0.4, -0.2) is 24.7 Å². The highest BCUT2D eigenvalue weighted by Gasteiger charge is 2.21. The van der Waals surface area contributed by atoms with Gasteiger partial charge in [-0.2, -0.15) is 5.10 Å². The molecule has 2 aromatic rings. The first-order valence-electron chi connectivity index (χ1n) is 5.37. The second-order valence-electron chi connectivity index (χ2n) is 3.89. The summed E-state index contributed by atoms with van der Waals surface area (Å²) < 4.78 is 1.67. The molecule has 0 unspecified atom stereocenters. The van der Waals surface area contributed by atoms with Gasteiger partial charge in [0.05, 0.1) is 10.6 Å². The van der Waals surface area contributed by atoms with Gasteiger partial charge >= 0.3 is 5.69 Å². The standard InChI is InChI=1S/C10H11ClN6O2/c1-6-7(4-16(2)15-6)3-12-10-8(17(18)19)9(11)13-5-14-10/h4-5H,3H2,1-2H3,(H,12,13,14). The van der Waals surface area contributed by atoms with Gasteiger partial charge in [0.2, 0.25) is 11.0 Å². The molecule has 9 heteroatoms. The fourth-order valence-corrected chi connectivity index (χ4v) is 1.85. The zero-order valence-electron chi connectivity index (χ0n) is 10.3. The van der Waals surface area contributed by atoms with Gasteiger partial charge in [-0.3, -0.25) is 14.8 Å². The normalized spacial score (nSPS) is 10.5. The van der Waals surface area contributed by atoms with Crippen LogP contribution >= 0.6 is 11.6 Å². The molecule has 0 aromatic carbocycles. The van der Waals surface area contributed by atoms with Crippen molar-refractivity contribution >= 4 is 23.1 Å². The maximum atomic E-state index is 10.9. The predicted octanol–water partition coefficient (Wildman–Crippen LogP) is 1.69. The third-order valence-corrected chi connectivity index (χ3v) is 2.80. The van der Waals surface area contributed by atoms with Gasteiger partial charge in [-0.05, 0) is 6.92 Å². The Morgan fingerprint density at radius 3 is 2.84 bits per heavy atom. The SMILES string of the molecule is Cc1nn(C)cc1CNc1ncnc(Cl)c1[N+](=O)[O-]. The van der Waals surface area contributed by atoms with Crippen LogP contribution in [0.15, 0.2) is 12.5 Å². The van der Waals surface area contributed by atoms with Crippen molar-refractivity contribution in [3.63, 3.8) is 0 Å². The smallest absolute Gasteiger partial charge is 0.348 e. The van der Waals surface area contributed by atoms with Gasteiger partial charge in [-0.1, -0.05) is 11.6 Å². The largest absolute Gasteiger partial charge is 0.360 e. The number of aromatic nitrogens is 4. The van der Waals surface area contributed by atoms with Crippen molar-refractivity contribution in [2.24, 2.45) is 7.05 Å². The van der Waals surface area contributed by atoms with Crippen LogP contribution in [0.2, 0.25) is 5.15 Å². The molecule has 0 radical (unpaired) electrons. The number of rotatable bonds is 4. The third kappa shape index (κ3) is 2.79. The number of aryl methyl sites for hydroxylation is 2. The van der Waals surface area contributed by atoms with Crippen LogP contribution in [0.3, 0.4) is 0 Å². The Morgan fingerprint density at radius 2 is 2.26 bits per heavy atom. The van der Waals surface area contributed by atoms with Crippen molar-refractivity contribution in [2.75, 3.05) is 5.32 Å². The molecule has 8 nitrogen and oxygen atoms in total. The van der Waals surface area contributed by atoms with Crippen molar-refractivity contribution < 1.29 is 4.92 Å². The van der Waals surface area contributed by atoms with Crippen LogP contribution in [0.4, 0.5) is 11.5 Å². The molecule has 0 atom stereocenters. The van der Waals surface area contributed by atoms with Crippen molar-refractivity contribution in [3.05, 3.63) is 39.0 Å². The highest BCUT2D eigenvalue weighted by Crippen LogP contribution is 2.28. The minimum atomic E-state index is -0.610. The molecule has 0 fully saturated rings. The number of nitrogens with one attached hydrogen (secondary N) is 1. The van der Waals surface area contributed by atoms with Crippen molar-refractivity contribution in [1.29, 1.82) is 0 Å². The first kappa shape index (κ1) is 13.2. The molecular formula is C10H11ClN6O2. The molecule has 0 amide bonds. The van der Waals surface area contributed by atoms with Gasteiger partial charge in [0.15, 0.2) is 0 Å². The summed E-state index contributed by atoms with van der Waals surface area (Å²) in [5.41, 5.74) is 1.44. The first-order chi connectivity index (χ1) is 8.99. The number of nitro groups is 1. The average molecular weight is 283 g/mol. The van der Waals surface area contributed by atoms with Crippen molar-refractivity contribution in [1.82, 2.24) is 19.7 Å². The van der Waals surface area contributed by atoms with Crippen LogP contribution in [0, 0.1) is 17.0 Å². The van der Waals surface area contributed by atoms with Gasteiger partial charge < -0.3 is 5.32 Å². The summed E-state index contributed by atoms with van der Waals surface area (Å²) in [7, 11) is 1.81. The number of hydrogen-bond donors (Lipinski definition) is 1. The predicted molar refractivity (Wildman–Crippen MR) is 69.0 cm³/mol. The summed E-state index contributed by atoms with van der Waals surface area (Å²) in [5.74, 6) is 0.0910. The van der Waals surface area contributed by atoms with Gasteiger partial charge in [-0.25, -0.2) is 9.97 Å². The maximum absolute atomic E-state index is 10.9. The number of anilines is 1. The molecule has 2 aromatic heterocycles. The Kier molecular flexibility index (Phi) is 3.61. The van der Waals surface area contributed by atoms with E-state index in [1.807, 2.05) is 13.1 Å². The van der Waals surface area contributed by atoms with E-state index in [4.69, 9.17) is 11.6 Å². The third-order valence-electron chi connectivity index (χ3n) is 2.52. The molecule has 0 aliphatic heterocycles. The Labute approximate surface area is 113 Å². The van der Waals surface area contributed by atoms with Gasteiger partial charge in [0.25, 0.3) is 0 Å². The zero-order valence-corrected chi connectivity index (χ0v) is 11.0. The highest BCUT2D eigenvalue weighted by atomic mass is 35.5. The van der Waals surface area contributed by atoms with E-state index >= 15 is 0 Å². The van der Waals surface area contributed by atoms with Gasteiger partial charge in [-0.15, -0.1) is 0 Å². The lowest BCUT2D eigenvalue weighted by Crippen LogP contribution is -2.06. The lowest BCUT2D eigenvalue weighted by atomic mass is 10.2. The summed E-state index contributed by atoms with van der Waals surface area (Å²) in [6.45, 7) is 2.23. The summed E-state index contributed by atoms with van der Waals surface area (Å²) in [6, 6.07) is 0. The fraction of sp³-hybridized carbons (Fsp3) is 0.300. The van der Waals surface area contributed by atoms with Crippen LogP contribution in [0.25, 0.3) is 0 Å². The summed E-state index contributed by atoms with van der Waals surface area (Å²) in [5, 5.41) is 17.8. The van der Waals surface area contributed by atoms with E-state index in [1.54, 1.807) is 11.7 Å². The van der Waals surface area contributed by atoms with Gasteiger partial charge in [0.1, 0.15) is 6.33 Å². The quantitative estimate of drug-likeness (QED) is 0.520. The lowest BCUT2D eigenvalue weighted by molar-refractivity contribution is -0.384.